The monoisotopic (exact) mass is 321 g/mol. The van der Waals surface area contributed by atoms with E-state index in [1.54, 1.807) is 0 Å². The second-order valence-electron chi connectivity index (χ2n) is 4.46. The lowest BCUT2D eigenvalue weighted by atomic mass is 10.1. The standard InChI is InChI=1S/C12H16ClNO5S/c1-18-12-3-2-8(6-9(12)13)20(16,17)14-10-4-5-19-7-11(10)15/h2-3,6,10-11,14-15H,4-5,7H2,1H3/t10-,11-/m1/s1. The van der Waals surface area contributed by atoms with Gasteiger partial charge in [-0.2, -0.15) is 0 Å². The molecule has 0 amide bonds. The molecule has 20 heavy (non-hydrogen) atoms. The average molecular weight is 322 g/mol. The second-order valence-corrected chi connectivity index (χ2v) is 6.58. The molecule has 2 rings (SSSR count). The summed E-state index contributed by atoms with van der Waals surface area (Å²) in [5, 5.41) is 9.93. The van der Waals surface area contributed by atoms with E-state index in [0.29, 0.717) is 18.8 Å². The largest absolute Gasteiger partial charge is 0.495 e. The van der Waals surface area contributed by atoms with Gasteiger partial charge in [0.15, 0.2) is 0 Å². The van der Waals surface area contributed by atoms with E-state index in [1.807, 2.05) is 0 Å². The first-order chi connectivity index (χ1) is 9.44. The minimum Gasteiger partial charge on any atom is -0.495 e. The van der Waals surface area contributed by atoms with E-state index in [4.69, 9.17) is 21.1 Å². The van der Waals surface area contributed by atoms with Crippen molar-refractivity contribution >= 4 is 21.6 Å². The summed E-state index contributed by atoms with van der Waals surface area (Å²) in [6.07, 6.45) is -0.433. The Morgan fingerprint density at radius 1 is 1.50 bits per heavy atom. The molecule has 1 heterocycles. The highest BCUT2D eigenvalue weighted by Gasteiger charge is 2.28. The zero-order valence-corrected chi connectivity index (χ0v) is 12.4. The summed E-state index contributed by atoms with van der Waals surface area (Å²) in [5.41, 5.74) is 0. The third kappa shape index (κ3) is 3.42. The predicted octanol–water partition coefficient (Wildman–Crippen LogP) is 0.777. The lowest BCUT2D eigenvalue weighted by Gasteiger charge is -2.28. The Kier molecular flexibility index (Phi) is 4.87. The molecular formula is C12H16ClNO5S. The Labute approximate surface area is 122 Å². The van der Waals surface area contributed by atoms with E-state index in [1.165, 1.54) is 25.3 Å². The van der Waals surface area contributed by atoms with E-state index in [0.717, 1.165) is 0 Å². The number of methoxy groups -OCH3 is 1. The molecule has 6 nitrogen and oxygen atoms in total. The van der Waals surface area contributed by atoms with Crippen LogP contribution >= 0.6 is 11.6 Å². The van der Waals surface area contributed by atoms with E-state index in [2.05, 4.69) is 4.72 Å². The zero-order chi connectivity index (χ0) is 14.8. The number of sulfonamides is 1. The van der Waals surface area contributed by atoms with Crippen LogP contribution in [0.3, 0.4) is 0 Å². The molecule has 0 unspecified atom stereocenters. The summed E-state index contributed by atoms with van der Waals surface area (Å²) in [5.74, 6) is 0.400. The van der Waals surface area contributed by atoms with Gasteiger partial charge in [0.2, 0.25) is 10.0 Å². The van der Waals surface area contributed by atoms with Crippen molar-refractivity contribution in [2.45, 2.75) is 23.5 Å². The first-order valence-electron chi connectivity index (χ1n) is 6.06. The zero-order valence-electron chi connectivity index (χ0n) is 10.9. The highest BCUT2D eigenvalue weighted by molar-refractivity contribution is 7.89. The molecule has 0 spiro atoms. The van der Waals surface area contributed by atoms with Crippen LogP contribution in [0, 0.1) is 0 Å². The van der Waals surface area contributed by atoms with E-state index >= 15 is 0 Å². The van der Waals surface area contributed by atoms with E-state index < -0.39 is 22.2 Å². The van der Waals surface area contributed by atoms with Crippen molar-refractivity contribution in [1.82, 2.24) is 4.72 Å². The number of aliphatic hydroxyl groups excluding tert-OH is 1. The number of rotatable bonds is 4. The number of hydrogen-bond acceptors (Lipinski definition) is 5. The van der Waals surface area contributed by atoms with Crippen LogP contribution in [-0.4, -0.2) is 46.0 Å². The van der Waals surface area contributed by atoms with Crippen molar-refractivity contribution in [3.05, 3.63) is 23.2 Å². The fourth-order valence-electron chi connectivity index (χ4n) is 1.94. The van der Waals surface area contributed by atoms with Gasteiger partial charge in [-0.1, -0.05) is 11.6 Å². The van der Waals surface area contributed by atoms with Crippen LogP contribution in [0.1, 0.15) is 6.42 Å². The maximum Gasteiger partial charge on any atom is 0.240 e. The first-order valence-corrected chi connectivity index (χ1v) is 7.92. The molecule has 2 atom stereocenters. The third-order valence-corrected chi connectivity index (χ3v) is 4.85. The van der Waals surface area contributed by atoms with Crippen molar-refractivity contribution in [3.63, 3.8) is 0 Å². The van der Waals surface area contributed by atoms with Gasteiger partial charge in [-0.3, -0.25) is 0 Å². The van der Waals surface area contributed by atoms with Crippen LogP contribution in [0.15, 0.2) is 23.1 Å². The molecule has 8 heteroatoms. The van der Waals surface area contributed by atoms with Gasteiger partial charge in [0.25, 0.3) is 0 Å². The quantitative estimate of drug-likeness (QED) is 0.856. The molecule has 1 aliphatic heterocycles. The molecule has 0 bridgehead atoms. The number of halogens is 1. The maximum absolute atomic E-state index is 12.2. The van der Waals surface area contributed by atoms with Gasteiger partial charge in [-0.05, 0) is 24.6 Å². The molecule has 0 radical (unpaired) electrons. The average Bonchev–Trinajstić information content (AvgIpc) is 2.41. The van der Waals surface area contributed by atoms with Gasteiger partial charge in [0.1, 0.15) is 5.75 Å². The minimum atomic E-state index is -3.75. The lowest BCUT2D eigenvalue weighted by molar-refractivity contribution is -0.0222. The molecule has 0 aromatic heterocycles. The SMILES string of the molecule is COc1ccc(S(=O)(=O)N[C@@H]2CCOC[C@H]2O)cc1Cl. The van der Waals surface area contributed by atoms with Crippen LogP contribution in [-0.2, 0) is 14.8 Å². The summed E-state index contributed by atoms with van der Waals surface area (Å²) >= 11 is 5.92. The minimum absolute atomic E-state index is 0.0296. The fraction of sp³-hybridized carbons (Fsp3) is 0.500. The summed E-state index contributed by atoms with van der Waals surface area (Å²) in [4.78, 5) is 0.0296. The van der Waals surface area contributed by atoms with Crippen molar-refractivity contribution in [2.24, 2.45) is 0 Å². The topological polar surface area (TPSA) is 84.9 Å². The number of hydrogen-bond donors (Lipinski definition) is 2. The molecule has 112 valence electrons. The Morgan fingerprint density at radius 3 is 2.85 bits per heavy atom. The molecule has 1 aromatic carbocycles. The molecule has 1 aliphatic rings. The van der Waals surface area contributed by atoms with Crippen LogP contribution in [0.4, 0.5) is 0 Å². The molecular weight excluding hydrogens is 306 g/mol. The van der Waals surface area contributed by atoms with Crippen LogP contribution in [0.25, 0.3) is 0 Å². The summed E-state index contributed by atoms with van der Waals surface area (Å²) < 4.78 is 37.0. The summed E-state index contributed by atoms with van der Waals surface area (Å²) in [6, 6.07) is 3.64. The molecule has 1 aromatic rings. The number of benzene rings is 1. The van der Waals surface area contributed by atoms with Gasteiger partial charge in [-0.15, -0.1) is 0 Å². The van der Waals surface area contributed by atoms with Crippen molar-refractivity contribution in [1.29, 1.82) is 0 Å². The Hall–Kier alpha value is -0.860. The smallest absolute Gasteiger partial charge is 0.240 e. The summed E-state index contributed by atoms with van der Waals surface area (Å²) in [7, 11) is -2.30. The van der Waals surface area contributed by atoms with Crippen molar-refractivity contribution < 1.29 is 23.0 Å². The third-order valence-electron chi connectivity index (χ3n) is 3.07. The number of aliphatic hydroxyl groups is 1. The van der Waals surface area contributed by atoms with Gasteiger partial charge >= 0.3 is 0 Å². The van der Waals surface area contributed by atoms with E-state index in [9.17, 15) is 13.5 Å². The fourth-order valence-corrected chi connectivity index (χ4v) is 3.59. The Bertz CT molecular complexity index is 577. The highest BCUT2D eigenvalue weighted by atomic mass is 35.5. The Balaban J connectivity index is 2.19. The maximum atomic E-state index is 12.2. The van der Waals surface area contributed by atoms with Crippen LogP contribution in [0.2, 0.25) is 5.02 Å². The van der Waals surface area contributed by atoms with Gasteiger partial charge < -0.3 is 14.6 Å². The van der Waals surface area contributed by atoms with Crippen molar-refractivity contribution in [3.8, 4) is 5.75 Å². The van der Waals surface area contributed by atoms with Crippen LogP contribution in [0.5, 0.6) is 5.75 Å². The Morgan fingerprint density at radius 2 is 2.25 bits per heavy atom. The molecule has 1 saturated heterocycles. The molecule has 0 aliphatic carbocycles. The van der Waals surface area contributed by atoms with E-state index in [-0.39, 0.29) is 16.5 Å². The molecule has 1 fully saturated rings. The normalized spacial score (nSPS) is 23.6. The van der Waals surface area contributed by atoms with Crippen molar-refractivity contribution in [2.75, 3.05) is 20.3 Å². The van der Waals surface area contributed by atoms with Crippen LogP contribution < -0.4 is 9.46 Å². The van der Waals surface area contributed by atoms with Gasteiger partial charge in [0, 0.05) is 6.61 Å². The second kappa shape index (κ2) is 6.28. The predicted molar refractivity (Wildman–Crippen MR) is 73.6 cm³/mol. The van der Waals surface area contributed by atoms with Gasteiger partial charge in [-0.25, -0.2) is 13.1 Å². The first kappa shape index (κ1) is 15.5. The van der Waals surface area contributed by atoms with Gasteiger partial charge in [0.05, 0.1) is 35.8 Å². The number of nitrogens with one attached hydrogen (secondary N) is 1. The number of ether oxygens (including phenoxy) is 2. The molecule has 0 saturated carbocycles. The summed E-state index contributed by atoms with van der Waals surface area (Å²) in [6.45, 7) is 0.532. The lowest BCUT2D eigenvalue weighted by Crippen LogP contribution is -2.48. The highest BCUT2D eigenvalue weighted by Crippen LogP contribution is 2.27. The molecule has 2 N–H and O–H groups in total.